The first kappa shape index (κ1) is 14.2. The van der Waals surface area contributed by atoms with Crippen LogP contribution in [0.1, 0.15) is 32.6 Å². The third-order valence-corrected chi connectivity index (χ3v) is 5.38. The van der Waals surface area contributed by atoms with Crippen LogP contribution < -0.4 is 5.32 Å². The van der Waals surface area contributed by atoms with Crippen LogP contribution in [0, 0.1) is 0 Å². The average Bonchev–Trinajstić information content (AvgIpc) is 2.44. The third-order valence-electron chi connectivity index (χ3n) is 3.34. The van der Waals surface area contributed by atoms with E-state index in [1.807, 2.05) is 6.92 Å². The molecule has 2 heterocycles. The fourth-order valence-electron chi connectivity index (χ4n) is 2.55. The second kappa shape index (κ2) is 5.67. The predicted molar refractivity (Wildman–Crippen MR) is 67.5 cm³/mol. The Labute approximate surface area is 104 Å². The van der Waals surface area contributed by atoms with Crippen LogP contribution in [0.3, 0.4) is 0 Å². The minimum Gasteiger partial charge on any atom is -0.310 e. The van der Waals surface area contributed by atoms with E-state index < -0.39 is 10.0 Å². The summed E-state index contributed by atoms with van der Waals surface area (Å²) in [6.45, 7) is 3.30. The number of hydrogen-bond donors (Lipinski definition) is 1. The van der Waals surface area contributed by atoms with E-state index in [2.05, 4.69) is 5.32 Å². The first-order chi connectivity index (χ1) is 7.12. The fourth-order valence-corrected chi connectivity index (χ4v) is 4.12. The van der Waals surface area contributed by atoms with Crippen molar-refractivity contribution in [2.75, 3.05) is 18.8 Å². The molecule has 6 heteroatoms. The average molecular weight is 269 g/mol. The molecule has 16 heavy (non-hydrogen) atoms. The molecule has 0 aromatic rings. The summed E-state index contributed by atoms with van der Waals surface area (Å²) in [5.41, 5.74) is 0. The summed E-state index contributed by atoms with van der Waals surface area (Å²) in [5.74, 6) is 0.296. The van der Waals surface area contributed by atoms with Crippen molar-refractivity contribution < 1.29 is 8.42 Å². The molecule has 2 saturated heterocycles. The molecule has 2 atom stereocenters. The van der Waals surface area contributed by atoms with E-state index in [1.54, 1.807) is 4.31 Å². The SMILES string of the molecule is CCCS(=O)(=O)N1CCC2CCC(C1)N2.Cl. The molecule has 0 saturated carbocycles. The molecule has 0 amide bonds. The largest absolute Gasteiger partial charge is 0.310 e. The summed E-state index contributed by atoms with van der Waals surface area (Å²) in [6.07, 6.45) is 4.02. The van der Waals surface area contributed by atoms with E-state index in [4.69, 9.17) is 0 Å². The van der Waals surface area contributed by atoms with E-state index in [0.717, 1.165) is 12.8 Å². The molecular weight excluding hydrogens is 248 g/mol. The number of nitrogens with zero attached hydrogens (tertiary/aromatic N) is 1. The van der Waals surface area contributed by atoms with Gasteiger partial charge in [0.2, 0.25) is 10.0 Å². The highest BCUT2D eigenvalue weighted by molar-refractivity contribution is 7.89. The lowest BCUT2D eigenvalue weighted by Crippen LogP contribution is -2.40. The van der Waals surface area contributed by atoms with Gasteiger partial charge >= 0.3 is 0 Å². The van der Waals surface area contributed by atoms with Crippen LogP contribution in [-0.4, -0.2) is 43.6 Å². The molecule has 4 nitrogen and oxygen atoms in total. The van der Waals surface area contributed by atoms with Crippen molar-refractivity contribution in [3.8, 4) is 0 Å². The molecule has 0 aromatic carbocycles. The Balaban J connectivity index is 0.00000128. The van der Waals surface area contributed by atoms with Crippen LogP contribution in [0.2, 0.25) is 0 Å². The summed E-state index contributed by atoms with van der Waals surface area (Å²) < 4.78 is 25.5. The number of nitrogens with one attached hydrogen (secondary N) is 1. The standard InChI is InChI=1S/C10H20N2O2S.ClH/c1-2-7-15(13,14)12-6-5-9-3-4-10(8-12)11-9;/h9-11H,2-8H2,1H3;1H. The number of fused-ring (bicyclic) bond motifs is 2. The Morgan fingerprint density at radius 1 is 1.25 bits per heavy atom. The summed E-state index contributed by atoms with van der Waals surface area (Å²) in [5, 5.41) is 3.49. The Bertz CT molecular complexity index is 321. The van der Waals surface area contributed by atoms with Gasteiger partial charge in [0.15, 0.2) is 0 Å². The van der Waals surface area contributed by atoms with Crippen molar-refractivity contribution in [1.82, 2.24) is 9.62 Å². The van der Waals surface area contributed by atoms with Crippen molar-refractivity contribution in [2.45, 2.75) is 44.7 Å². The first-order valence-electron chi connectivity index (χ1n) is 5.85. The summed E-state index contributed by atoms with van der Waals surface area (Å²) in [6, 6.07) is 0.945. The Morgan fingerprint density at radius 2 is 1.94 bits per heavy atom. The van der Waals surface area contributed by atoms with Crippen molar-refractivity contribution in [2.24, 2.45) is 0 Å². The highest BCUT2D eigenvalue weighted by Gasteiger charge is 2.33. The smallest absolute Gasteiger partial charge is 0.214 e. The van der Waals surface area contributed by atoms with Gasteiger partial charge in [-0.3, -0.25) is 0 Å². The zero-order valence-corrected chi connectivity index (χ0v) is 11.3. The van der Waals surface area contributed by atoms with Gasteiger partial charge in [-0.15, -0.1) is 12.4 Å². The van der Waals surface area contributed by atoms with Gasteiger partial charge < -0.3 is 5.32 Å². The van der Waals surface area contributed by atoms with E-state index in [9.17, 15) is 8.42 Å². The van der Waals surface area contributed by atoms with Gasteiger partial charge in [0, 0.05) is 25.2 Å². The quantitative estimate of drug-likeness (QED) is 0.830. The molecule has 2 fully saturated rings. The fraction of sp³-hybridized carbons (Fsp3) is 1.00. The molecule has 0 aliphatic carbocycles. The van der Waals surface area contributed by atoms with Gasteiger partial charge in [-0.2, -0.15) is 0 Å². The van der Waals surface area contributed by atoms with Crippen LogP contribution in [0.15, 0.2) is 0 Å². The lowest BCUT2D eigenvalue weighted by atomic mass is 10.1. The lowest BCUT2D eigenvalue weighted by Gasteiger charge is -2.23. The molecule has 1 N–H and O–H groups in total. The maximum absolute atomic E-state index is 11.9. The van der Waals surface area contributed by atoms with Crippen molar-refractivity contribution in [3.63, 3.8) is 0 Å². The molecule has 2 unspecified atom stereocenters. The van der Waals surface area contributed by atoms with Gasteiger partial charge in [0.05, 0.1) is 5.75 Å². The summed E-state index contributed by atoms with van der Waals surface area (Å²) in [7, 11) is -2.99. The molecule has 2 aliphatic rings. The van der Waals surface area contributed by atoms with E-state index >= 15 is 0 Å². The normalized spacial score (nSPS) is 30.8. The van der Waals surface area contributed by atoms with Crippen LogP contribution in [-0.2, 0) is 10.0 Å². The van der Waals surface area contributed by atoms with Crippen LogP contribution in [0.4, 0.5) is 0 Å². The summed E-state index contributed by atoms with van der Waals surface area (Å²) in [4.78, 5) is 0. The molecule has 0 radical (unpaired) electrons. The van der Waals surface area contributed by atoms with Crippen LogP contribution in [0.25, 0.3) is 0 Å². The zero-order valence-electron chi connectivity index (χ0n) is 9.68. The zero-order chi connectivity index (χ0) is 10.9. The first-order valence-corrected chi connectivity index (χ1v) is 7.46. The third kappa shape index (κ3) is 3.09. The van der Waals surface area contributed by atoms with Crippen LogP contribution >= 0.6 is 12.4 Å². The molecule has 96 valence electrons. The maximum Gasteiger partial charge on any atom is 0.214 e. The van der Waals surface area contributed by atoms with Crippen molar-refractivity contribution in [1.29, 1.82) is 0 Å². The van der Waals surface area contributed by atoms with E-state index in [0.29, 0.717) is 37.3 Å². The minimum absolute atomic E-state index is 0. The van der Waals surface area contributed by atoms with Crippen molar-refractivity contribution in [3.05, 3.63) is 0 Å². The number of halogens is 1. The molecule has 0 aromatic heterocycles. The van der Waals surface area contributed by atoms with Crippen LogP contribution in [0.5, 0.6) is 0 Å². The highest BCUT2D eigenvalue weighted by Crippen LogP contribution is 2.22. The Hall–Kier alpha value is 0.160. The van der Waals surface area contributed by atoms with Gasteiger partial charge in [0.25, 0.3) is 0 Å². The lowest BCUT2D eigenvalue weighted by molar-refractivity contribution is 0.383. The molecule has 2 aliphatic heterocycles. The monoisotopic (exact) mass is 268 g/mol. The predicted octanol–water partition coefficient (Wildman–Crippen LogP) is 0.974. The molecule has 2 rings (SSSR count). The minimum atomic E-state index is -2.99. The van der Waals surface area contributed by atoms with Gasteiger partial charge in [-0.25, -0.2) is 12.7 Å². The molecule has 2 bridgehead atoms. The van der Waals surface area contributed by atoms with Crippen molar-refractivity contribution >= 4 is 22.4 Å². The second-order valence-corrected chi connectivity index (χ2v) is 6.69. The van der Waals surface area contributed by atoms with E-state index in [1.165, 1.54) is 6.42 Å². The van der Waals surface area contributed by atoms with Gasteiger partial charge in [0.1, 0.15) is 0 Å². The molecule has 0 spiro atoms. The molecular formula is C10H21ClN2O2S. The van der Waals surface area contributed by atoms with Gasteiger partial charge in [-0.1, -0.05) is 6.92 Å². The number of hydrogen-bond acceptors (Lipinski definition) is 3. The van der Waals surface area contributed by atoms with E-state index in [-0.39, 0.29) is 12.4 Å². The second-order valence-electron chi connectivity index (χ2n) is 4.60. The Morgan fingerprint density at radius 3 is 2.62 bits per heavy atom. The Kier molecular flexibility index (Phi) is 5.04. The summed E-state index contributed by atoms with van der Waals surface area (Å²) >= 11 is 0. The number of sulfonamides is 1. The maximum atomic E-state index is 11.9. The highest BCUT2D eigenvalue weighted by atomic mass is 35.5. The number of rotatable bonds is 3. The topological polar surface area (TPSA) is 49.4 Å². The van der Waals surface area contributed by atoms with Gasteiger partial charge in [-0.05, 0) is 25.7 Å².